The van der Waals surface area contributed by atoms with Crippen LogP contribution in [0.1, 0.15) is 23.2 Å². The van der Waals surface area contributed by atoms with E-state index in [9.17, 15) is 5.26 Å². The lowest BCUT2D eigenvalue weighted by Crippen LogP contribution is -2.38. The summed E-state index contributed by atoms with van der Waals surface area (Å²) >= 11 is 0. The van der Waals surface area contributed by atoms with Crippen LogP contribution in [-0.2, 0) is 4.74 Å². The van der Waals surface area contributed by atoms with Gasteiger partial charge < -0.3 is 19.4 Å². The molecule has 1 unspecified atom stereocenters. The molecule has 152 valence electrons. The van der Waals surface area contributed by atoms with E-state index >= 15 is 0 Å². The maximum Gasteiger partial charge on any atom is 0.227 e. The molecule has 2 aromatic rings. The minimum absolute atomic E-state index is 0.302. The van der Waals surface area contributed by atoms with Crippen molar-refractivity contribution in [2.24, 2.45) is 0 Å². The average Bonchev–Trinajstić information content (AvgIpc) is 3.23. The molecule has 29 heavy (non-hydrogen) atoms. The van der Waals surface area contributed by atoms with Gasteiger partial charge in [0.2, 0.25) is 5.95 Å². The zero-order valence-corrected chi connectivity index (χ0v) is 17.3. The zero-order valence-electron chi connectivity index (χ0n) is 17.3. The molecular weight excluding hydrogens is 366 g/mol. The lowest BCUT2D eigenvalue weighted by molar-refractivity contribution is 0.122. The standard InChI is InChI=1S/C21H27N7O/c1-15-12-16(2)24-20(18(15)13-22)28-7-5-17(14-28)26(3)19-4-6-23-21(25-19)27-8-10-29-11-9-27/h4,6,12,17H,5,7-11,14H2,1-3H3. The number of pyridine rings is 1. The number of nitriles is 1. The van der Waals surface area contributed by atoms with Crippen LogP contribution in [0.2, 0.25) is 0 Å². The van der Waals surface area contributed by atoms with E-state index in [1.807, 2.05) is 32.2 Å². The van der Waals surface area contributed by atoms with Crippen molar-refractivity contribution >= 4 is 17.6 Å². The summed E-state index contributed by atoms with van der Waals surface area (Å²) in [6, 6.07) is 6.56. The van der Waals surface area contributed by atoms with Gasteiger partial charge in [0.1, 0.15) is 17.7 Å². The van der Waals surface area contributed by atoms with E-state index in [1.54, 1.807) is 0 Å². The summed E-state index contributed by atoms with van der Waals surface area (Å²) < 4.78 is 5.43. The Bertz CT molecular complexity index is 920. The van der Waals surface area contributed by atoms with E-state index in [1.165, 1.54) is 0 Å². The first-order valence-corrected chi connectivity index (χ1v) is 10.1. The molecule has 8 nitrogen and oxygen atoms in total. The first kappa shape index (κ1) is 19.4. The lowest BCUT2D eigenvalue weighted by Gasteiger charge is -2.29. The molecule has 0 amide bonds. The van der Waals surface area contributed by atoms with Crippen molar-refractivity contribution in [2.75, 3.05) is 61.1 Å². The van der Waals surface area contributed by atoms with Gasteiger partial charge in [0.25, 0.3) is 0 Å². The van der Waals surface area contributed by atoms with Crippen LogP contribution in [-0.4, -0.2) is 67.4 Å². The first-order valence-electron chi connectivity index (χ1n) is 10.1. The molecule has 0 radical (unpaired) electrons. The molecule has 0 N–H and O–H groups in total. The second-order valence-corrected chi connectivity index (χ2v) is 7.70. The van der Waals surface area contributed by atoms with Gasteiger partial charge in [-0.1, -0.05) is 0 Å². The van der Waals surface area contributed by atoms with E-state index in [-0.39, 0.29) is 0 Å². The van der Waals surface area contributed by atoms with Crippen molar-refractivity contribution in [3.63, 3.8) is 0 Å². The highest BCUT2D eigenvalue weighted by molar-refractivity contribution is 5.59. The fourth-order valence-corrected chi connectivity index (χ4v) is 4.07. The van der Waals surface area contributed by atoms with Crippen LogP contribution < -0.4 is 14.7 Å². The Hall–Kier alpha value is -2.92. The van der Waals surface area contributed by atoms with Gasteiger partial charge in [-0.25, -0.2) is 9.97 Å². The topological polar surface area (TPSA) is 81.4 Å². The number of ether oxygens (including phenoxy) is 1. The van der Waals surface area contributed by atoms with Crippen LogP contribution >= 0.6 is 0 Å². The second kappa shape index (κ2) is 8.21. The molecule has 4 rings (SSSR count). The lowest BCUT2D eigenvalue weighted by atomic mass is 10.1. The van der Waals surface area contributed by atoms with Crippen molar-refractivity contribution in [2.45, 2.75) is 26.3 Å². The Morgan fingerprint density at radius 3 is 2.72 bits per heavy atom. The maximum atomic E-state index is 9.60. The molecule has 4 heterocycles. The largest absolute Gasteiger partial charge is 0.378 e. The van der Waals surface area contributed by atoms with Crippen molar-refractivity contribution < 1.29 is 4.74 Å². The third-order valence-corrected chi connectivity index (χ3v) is 5.73. The Kier molecular flexibility index (Phi) is 5.49. The van der Waals surface area contributed by atoms with Crippen LogP contribution in [0.25, 0.3) is 0 Å². The highest BCUT2D eigenvalue weighted by Crippen LogP contribution is 2.28. The predicted octanol–water partition coefficient (Wildman–Crippen LogP) is 1.91. The van der Waals surface area contributed by atoms with Crippen molar-refractivity contribution in [1.29, 1.82) is 5.26 Å². The molecule has 2 aliphatic rings. The normalized spacial score (nSPS) is 19.3. The third kappa shape index (κ3) is 3.96. The van der Waals surface area contributed by atoms with Gasteiger partial charge >= 0.3 is 0 Å². The van der Waals surface area contributed by atoms with Crippen LogP contribution in [0.5, 0.6) is 0 Å². The number of aryl methyl sites for hydroxylation is 2. The minimum Gasteiger partial charge on any atom is -0.378 e. The Balaban J connectivity index is 1.51. The molecule has 0 aromatic carbocycles. The monoisotopic (exact) mass is 393 g/mol. The Morgan fingerprint density at radius 2 is 1.97 bits per heavy atom. The molecule has 2 aliphatic heterocycles. The minimum atomic E-state index is 0.302. The summed E-state index contributed by atoms with van der Waals surface area (Å²) in [5, 5.41) is 9.60. The molecule has 8 heteroatoms. The third-order valence-electron chi connectivity index (χ3n) is 5.73. The highest BCUT2D eigenvalue weighted by Gasteiger charge is 2.29. The molecule has 2 saturated heterocycles. The summed E-state index contributed by atoms with van der Waals surface area (Å²) in [4.78, 5) is 20.5. The SMILES string of the molecule is Cc1cc(C)c(C#N)c(N2CCC(N(C)c3ccnc(N4CCOCC4)n3)C2)n1. The Labute approximate surface area is 171 Å². The van der Waals surface area contributed by atoms with Gasteiger partial charge in [0, 0.05) is 51.2 Å². The van der Waals surface area contributed by atoms with E-state index in [0.717, 1.165) is 61.4 Å². The number of nitrogens with zero attached hydrogens (tertiary/aromatic N) is 7. The number of rotatable bonds is 4. The van der Waals surface area contributed by atoms with Crippen molar-refractivity contribution in [3.05, 3.63) is 35.2 Å². The van der Waals surface area contributed by atoms with Crippen LogP contribution in [0, 0.1) is 25.2 Å². The van der Waals surface area contributed by atoms with Crippen LogP contribution in [0.15, 0.2) is 18.3 Å². The molecule has 0 saturated carbocycles. The summed E-state index contributed by atoms with van der Waals surface area (Å²) in [5.74, 6) is 2.48. The quantitative estimate of drug-likeness (QED) is 0.779. The zero-order chi connectivity index (χ0) is 20.4. The molecule has 2 aromatic heterocycles. The van der Waals surface area contributed by atoms with Gasteiger partial charge in [0.15, 0.2) is 0 Å². The number of hydrogen-bond donors (Lipinski definition) is 0. The van der Waals surface area contributed by atoms with Crippen molar-refractivity contribution in [1.82, 2.24) is 15.0 Å². The summed E-state index contributed by atoms with van der Waals surface area (Å²) in [6.45, 7) is 8.71. The van der Waals surface area contributed by atoms with Gasteiger partial charge in [0.05, 0.1) is 18.8 Å². The smallest absolute Gasteiger partial charge is 0.227 e. The van der Waals surface area contributed by atoms with E-state index < -0.39 is 0 Å². The van der Waals surface area contributed by atoms with Gasteiger partial charge in [-0.05, 0) is 38.0 Å². The van der Waals surface area contributed by atoms with Gasteiger partial charge in [-0.2, -0.15) is 10.2 Å². The number of aromatic nitrogens is 3. The number of hydrogen-bond acceptors (Lipinski definition) is 8. The van der Waals surface area contributed by atoms with E-state index in [4.69, 9.17) is 9.72 Å². The fraction of sp³-hybridized carbons (Fsp3) is 0.524. The van der Waals surface area contributed by atoms with Crippen molar-refractivity contribution in [3.8, 4) is 6.07 Å². The second-order valence-electron chi connectivity index (χ2n) is 7.70. The fourth-order valence-electron chi connectivity index (χ4n) is 4.07. The Morgan fingerprint density at radius 1 is 1.17 bits per heavy atom. The molecule has 1 atom stereocenters. The molecule has 0 aliphatic carbocycles. The molecule has 0 spiro atoms. The highest BCUT2D eigenvalue weighted by atomic mass is 16.5. The van der Waals surface area contributed by atoms with Crippen LogP contribution in [0.3, 0.4) is 0 Å². The molecule has 2 fully saturated rings. The van der Waals surface area contributed by atoms with E-state index in [0.29, 0.717) is 24.8 Å². The first-order chi connectivity index (χ1) is 14.1. The van der Waals surface area contributed by atoms with Gasteiger partial charge in [-0.3, -0.25) is 0 Å². The summed E-state index contributed by atoms with van der Waals surface area (Å²) in [7, 11) is 2.08. The number of likely N-dealkylation sites (N-methyl/N-ethyl adjacent to an activating group) is 1. The predicted molar refractivity (Wildman–Crippen MR) is 113 cm³/mol. The molecule has 0 bridgehead atoms. The number of anilines is 3. The number of morpholine rings is 1. The summed E-state index contributed by atoms with van der Waals surface area (Å²) in [6.07, 6.45) is 2.82. The summed E-state index contributed by atoms with van der Waals surface area (Å²) in [5.41, 5.74) is 2.60. The molecular formula is C21H27N7O. The van der Waals surface area contributed by atoms with E-state index in [2.05, 4.69) is 37.8 Å². The van der Waals surface area contributed by atoms with Gasteiger partial charge in [-0.15, -0.1) is 0 Å². The average molecular weight is 393 g/mol. The van der Waals surface area contributed by atoms with Crippen LogP contribution in [0.4, 0.5) is 17.6 Å². The maximum absolute atomic E-state index is 9.60.